The molecular formula is C16H17Cl. The van der Waals surface area contributed by atoms with Crippen molar-refractivity contribution in [3.05, 3.63) is 71.3 Å². The Morgan fingerprint density at radius 3 is 2.18 bits per heavy atom. The van der Waals surface area contributed by atoms with Gasteiger partial charge in [-0.25, -0.2) is 0 Å². The molecule has 2 aromatic carbocycles. The molecular weight excluding hydrogens is 228 g/mol. The summed E-state index contributed by atoms with van der Waals surface area (Å²) in [7, 11) is 0. The van der Waals surface area contributed by atoms with Crippen molar-refractivity contribution in [1.29, 1.82) is 0 Å². The smallest absolute Gasteiger partial charge is 0.0474 e. The minimum absolute atomic E-state index is 0.0172. The van der Waals surface area contributed by atoms with Crippen LogP contribution in [0.1, 0.15) is 30.5 Å². The van der Waals surface area contributed by atoms with Crippen LogP contribution in [-0.4, -0.2) is 0 Å². The first-order chi connectivity index (χ1) is 8.14. The van der Waals surface area contributed by atoms with Gasteiger partial charge in [0.25, 0.3) is 0 Å². The summed E-state index contributed by atoms with van der Waals surface area (Å²) in [6.07, 6.45) is 0. The van der Waals surface area contributed by atoms with Gasteiger partial charge >= 0.3 is 0 Å². The van der Waals surface area contributed by atoms with Crippen molar-refractivity contribution < 1.29 is 0 Å². The van der Waals surface area contributed by atoms with Crippen molar-refractivity contribution in [3.63, 3.8) is 0 Å². The molecule has 0 aromatic heterocycles. The molecule has 0 N–H and O–H groups in total. The zero-order chi connectivity index (χ0) is 12.3. The molecule has 0 radical (unpaired) electrons. The molecule has 88 valence electrons. The Morgan fingerprint density at radius 1 is 0.882 bits per heavy atom. The number of hydrogen-bond donors (Lipinski definition) is 0. The van der Waals surface area contributed by atoms with Crippen LogP contribution in [0.2, 0.25) is 0 Å². The predicted molar refractivity (Wildman–Crippen MR) is 74.6 cm³/mol. The standard InChI is InChI=1S/C16H17Cl/c1-16(2,14-8-4-3-5-9-14)15-10-6-7-13(11-15)12-17/h3-11H,12H2,1-2H3. The summed E-state index contributed by atoms with van der Waals surface area (Å²) in [5.74, 6) is 0.568. The third-order valence-corrected chi connectivity index (χ3v) is 3.61. The first kappa shape index (κ1) is 12.2. The zero-order valence-corrected chi connectivity index (χ0v) is 11.0. The van der Waals surface area contributed by atoms with Crippen LogP contribution >= 0.6 is 11.6 Å². The Hall–Kier alpha value is -1.27. The lowest BCUT2D eigenvalue weighted by molar-refractivity contribution is 0.640. The van der Waals surface area contributed by atoms with E-state index in [2.05, 4.69) is 68.4 Å². The van der Waals surface area contributed by atoms with E-state index in [1.807, 2.05) is 0 Å². The highest BCUT2D eigenvalue weighted by molar-refractivity contribution is 6.17. The SMILES string of the molecule is CC(C)(c1ccccc1)c1cccc(CCl)c1. The van der Waals surface area contributed by atoms with E-state index in [0.29, 0.717) is 5.88 Å². The zero-order valence-electron chi connectivity index (χ0n) is 10.3. The fourth-order valence-corrected chi connectivity index (χ4v) is 2.23. The number of halogens is 1. The molecule has 0 heterocycles. The molecule has 1 heteroatoms. The molecule has 0 aliphatic heterocycles. The van der Waals surface area contributed by atoms with Crippen molar-refractivity contribution in [2.45, 2.75) is 25.1 Å². The molecule has 0 nitrogen and oxygen atoms in total. The Kier molecular flexibility index (Phi) is 3.54. The van der Waals surface area contributed by atoms with Gasteiger partial charge in [-0.2, -0.15) is 0 Å². The molecule has 0 unspecified atom stereocenters. The number of alkyl halides is 1. The van der Waals surface area contributed by atoms with E-state index in [1.165, 1.54) is 16.7 Å². The highest BCUT2D eigenvalue weighted by Gasteiger charge is 2.22. The summed E-state index contributed by atoms with van der Waals surface area (Å²) < 4.78 is 0. The van der Waals surface area contributed by atoms with Crippen LogP contribution in [0.15, 0.2) is 54.6 Å². The van der Waals surface area contributed by atoms with E-state index in [-0.39, 0.29) is 5.41 Å². The van der Waals surface area contributed by atoms with Crippen LogP contribution in [0.5, 0.6) is 0 Å². The van der Waals surface area contributed by atoms with Crippen LogP contribution in [0.25, 0.3) is 0 Å². The van der Waals surface area contributed by atoms with Gasteiger partial charge in [0.15, 0.2) is 0 Å². The fourth-order valence-electron chi connectivity index (χ4n) is 2.06. The van der Waals surface area contributed by atoms with Gasteiger partial charge < -0.3 is 0 Å². The number of benzene rings is 2. The molecule has 0 atom stereocenters. The number of hydrogen-bond acceptors (Lipinski definition) is 0. The van der Waals surface area contributed by atoms with Crippen molar-refractivity contribution in [2.75, 3.05) is 0 Å². The molecule has 0 bridgehead atoms. The Labute approximate surface area is 108 Å². The first-order valence-electron chi connectivity index (χ1n) is 5.85. The Morgan fingerprint density at radius 2 is 1.53 bits per heavy atom. The maximum absolute atomic E-state index is 5.89. The average molecular weight is 245 g/mol. The van der Waals surface area contributed by atoms with Crippen LogP contribution in [0.4, 0.5) is 0 Å². The second-order valence-corrected chi connectivity index (χ2v) is 5.09. The molecule has 2 aromatic rings. The largest absolute Gasteiger partial charge is 0.122 e. The molecule has 17 heavy (non-hydrogen) atoms. The second-order valence-electron chi connectivity index (χ2n) is 4.83. The predicted octanol–water partition coefficient (Wildman–Crippen LogP) is 4.75. The van der Waals surface area contributed by atoms with Crippen molar-refractivity contribution >= 4 is 11.6 Å². The van der Waals surface area contributed by atoms with E-state index in [0.717, 1.165) is 0 Å². The minimum Gasteiger partial charge on any atom is -0.122 e. The van der Waals surface area contributed by atoms with Crippen molar-refractivity contribution in [1.82, 2.24) is 0 Å². The van der Waals surface area contributed by atoms with E-state index < -0.39 is 0 Å². The third kappa shape index (κ3) is 2.53. The third-order valence-electron chi connectivity index (χ3n) is 3.30. The lowest BCUT2D eigenvalue weighted by atomic mass is 9.78. The van der Waals surface area contributed by atoms with Gasteiger partial charge in [0, 0.05) is 11.3 Å². The first-order valence-corrected chi connectivity index (χ1v) is 6.39. The van der Waals surface area contributed by atoms with Gasteiger partial charge in [0.05, 0.1) is 0 Å². The molecule has 2 rings (SSSR count). The summed E-state index contributed by atoms with van der Waals surface area (Å²) in [4.78, 5) is 0. The lowest BCUT2D eigenvalue weighted by Gasteiger charge is -2.26. The Balaban J connectivity index is 2.44. The van der Waals surface area contributed by atoms with Crippen LogP contribution in [-0.2, 0) is 11.3 Å². The highest BCUT2D eigenvalue weighted by Crippen LogP contribution is 2.31. The summed E-state index contributed by atoms with van der Waals surface area (Å²) in [5.41, 5.74) is 3.82. The van der Waals surface area contributed by atoms with Gasteiger partial charge in [-0.05, 0) is 16.7 Å². The second kappa shape index (κ2) is 4.93. The van der Waals surface area contributed by atoms with Gasteiger partial charge in [0.1, 0.15) is 0 Å². The monoisotopic (exact) mass is 244 g/mol. The molecule has 0 saturated carbocycles. The van der Waals surface area contributed by atoms with E-state index in [9.17, 15) is 0 Å². The average Bonchev–Trinajstić information content (AvgIpc) is 2.40. The van der Waals surface area contributed by atoms with E-state index in [4.69, 9.17) is 11.6 Å². The number of rotatable bonds is 3. The molecule has 0 aliphatic carbocycles. The van der Waals surface area contributed by atoms with E-state index in [1.54, 1.807) is 0 Å². The fraction of sp³-hybridized carbons (Fsp3) is 0.250. The van der Waals surface area contributed by atoms with E-state index >= 15 is 0 Å². The molecule has 0 aliphatic rings. The normalized spacial score (nSPS) is 11.5. The van der Waals surface area contributed by atoms with Gasteiger partial charge in [-0.1, -0.05) is 68.4 Å². The van der Waals surface area contributed by atoms with Crippen LogP contribution < -0.4 is 0 Å². The maximum Gasteiger partial charge on any atom is 0.0474 e. The Bertz CT molecular complexity index is 486. The highest BCUT2D eigenvalue weighted by atomic mass is 35.5. The van der Waals surface area contributed by atoms with Gasteiger partial charge in [0.2, 0.25) is 0 Å². The van der Waals surface area contributed by atoms with Gasteiger partial charge in [-0.15, -0.1) is 11.6 Å². The molecule has 0 saturated heterocycles. The minimum atomic E-state index is 0.0172. The quantitative estimate of drug-likeness (QED) is 0.684. The summed E-state index contributed by atoms with van der Waals surface area (Å²) in [6.45, 7) is 4.49. The summed E-state index contributed by atoms with van der Waals surface area (Å²) in [6, 6.07) is 19.1. The van der Waals surface area contributed by atoms with Crippen molar-refractivity contribution in [2.24, 2.45) is 0 Å². The summed E-state index contributed by atoms with van der Waals surface area (Å²) in [5, 5.41) is 0. The van der Waals surface area contributed by atoms with Crippen LogP contribution in [0.3, 0.4) is 0 Å². The lowest BCUT2D eigenvalue weighted by Crippen LogP contribution is -2.18. The summed E-state index contributed by atoms with van der Waals surface area (Å²) >= 11 is 5.89. The van der Waals surface area contributed by atoms with Crippen molar-refractivity contribution in [3.8, 4) is 0 Å². The topological polar surface area (TPSA) is 0 Å². The van der Waals surface area contributed by atoms with Gasteiger partial charge in [-0.3, -0.25) is 0 Å². The maximum atomic E-state index is 5.89. The molecule has 0 spiro atoms. The molecule has 0 amide bonds. The molecule has 0 fully saturated rings. The van der Waals surface area contributed by atoms with Crippen LogP contribution in [0, 0.1) is 0 Å².